The Kier molecular flexibility index (Phi) is 7.75. The molecule has 3 rings (SSSR count). The van der Waals surface area contributed by atoms with Crippen molar-refractivity contribution in [3.8, 4) is 11.4 Å². The predicted molar refractivity (Wildman–Crippen MR) is 124 cm³/mol. The van der Waals surface area contributed by atoms with Gasteiger partial charge in [-0.05, 0) is 62.8 Å². The number of carbonyl (C=O) groups excluding carboxylic acids is 1. The summed E-state index contributed by atoms with van der Waals surface area (Å²) in [4.78, 5) is 20.8. The number of hydrazine groups is 1. The third kappa shape index (κ3) is 6.11. The summed E-state index contributed by atoms with van der Waals surface area (Å²) < 4.78 is 4.31. The molecule has 0 fully saturated rings. The smallest absolute Gasteiger partial charge is 0.242 e. The molecule has 31 heavy (non-hydrogen) atoms. The number of benzene rings is 1. The largest absolute Gasteiger partial charge is 0.300 e. The zero-order valence-electron chi connectivity index (χ0n) is 17.9. The van der Waals surface area contributed by atoms with Gasteiger partial charge in [-0.15, -0.1) is 0 Å². The molecular weight excluding hydrogens is 434 g/mol. The Balaban J connectivity index is 1.69. The molecule has 2 heterocycles. The highest BCUT2D eigenvalue weighted by atomic mass is 35.5. The number of aromatic nitrogens is 5. The number of halogens is 1. The Hall–Kier alpha value is -2.78. The molecule has 3 aromatic rings. The minimum Gasteiger partial charge on any atom is -0.300 e. The van der Waals surface area contributed by atoms with E-state index in [9.17, 15) is 4.79 Å². The molecule has 0 atom stereocenters. The van der Waals surface area contributed by atoms with Gasteiger partial charge in [0.15, 0.2) is 10.6 Å². The lowest BCUT2D eigenvalue weighted by atomic mass is 10.2. The van der Waals surface area contributed by atoms with E-state index in [1.54, 1.807) is 4.68 Å². The summed E-state index contributed by atoms with van der Waals surface area (Å²) in [6.07, 6.45) is 2.24. The molecule has 164 valence electrons. The average Bonchev–Trinajstić information content (AvgIpc) is 3.04. The quantitative estimate of drug-likeness (QED) is 0.362. The number of carbonyl (C=O) groups is 1. The molecule has 0 aliphatic rings. The molecule has 0 saturated carbocycles. The Labute approximate surface area is 191 Å². The second-order valence-corrected chi connectivity index (χ2v) is 8.04. The van der Waals surface area contributed by atoms with Gasteiger partial charge >= 0.3 is 0 Å². The molecule has 0 bridgehead atoms. The third-order valence-electron chi connectivity index (χ3n) is 4.61. The lowest BCUT2D eigenvalue weighted by molar-refractivity contribution is -0.120. The van der Waals surface area contributed by atoms with Crippen LogP contribution in [0.15, 0.2) is 30.3 Å². The minimum atomic E-state index is -0.208. The minimum absolute atomic E-state index is 0.205. The van der Waals surface area contributed by atoms with Crippen LogP contribution in [0.5, 0.6) is 0 Å². The van der Waals surface area contributed by atoms with E-state index in [-0.39, 0.29) is 12.3 Å². The van der Waals surface area contributed by atoms with Gasteiger partial charge in [0.1, 0.15) is 0 Å². The number of unbranched alkanes of at least 4 members (excludes halogenated alkanes) is 1. The molecule has 0 aliphatic carbocycles. The summed E-state index contributed by atoms with van der Waals surface area (Å²) >= 11 is 11.7. The molecule has 0 aliphatic heterocycles. The Morgan fingerprint density at radius 1 is 1.13 bits per heavy atom. The zero-order valence-corrected chi connectivity index (χ0v) is 19.4. The molecule has 2 N–H and O–H groups in total. The SMILES string of the molecule is CCCCn1c(-c2ccc(Cl)cc2)nn(CCC(=O)NNc2nc(C)cc(C)n2)c1=S. The molecule has 1 amide bonds. The van der Waals surface area contributed by atoms with Crippen molar-refractivity contribution in [2.75, 3.05) is 5.43 Å². The molecule has 0 saturated heterocycles. The topological polar surface area (TPSA) is 89.7 Å². The van der Waals surface area contributed by atoms with E-state index in [4.69, 9.17) is 23.8 Å². The van der Waals surface area contributed by atoms with Crippen molar-refractivity contribution in [1.29, 1.82) is 0 Å². The highest BCUT2D eigenvalue weighted by Gasteiger charge is 2.14. The van der Waals surface area contributed by atoms with E-state index in [1.165, 1.54) is 0 Å². The fraction of sp³-hybridized carbons (Fsp3) is 0.381. The van der Waals surface area contributed by atoms with Crippen molar-refractivity contribution >= 4 is 35.7 Å². The number of amides is 1. The highest BCUT2D eigenvalue weighted by Crippen LogP contribution is 2.21. The highest BCUT2D eigenvalue weighted by molar-refractivity contribution is 7.71. The van der Waals surface area contributed by atoms with E-state index in [0.717, 1.165) is 42.2 Å². The van der Waals surface area contributed by atoms with Gasteiger partial charge in [0.25, 0.3) is 0 Å². The number of nitrogens with zero attached hydrogens (tertiary/aromatic N) is 5. The zero-order chi connectivity index (χ0) is 22.4. The van der Waals surface area contributed by atoms with Gasteiger partial charge in [-0.3, -0.25) is 20.2 Å². The van der Waals surface area contributed by atoms with Gasteiger partial charge in [-0.2, -0.15) is 5.10 Å². The van der Waals surface area contributed by atoms with E-state index < -0.39 is 0 Å². The lowest BCUT2D eigenvalue weighted by Gasteiger charge is -2.08. The van der Waals surface area contributed by atoms with Gasteiger partial charge < -0.3 is 0 Å². The van der Waals surface area contributed by atoms with Crippen molar-refractivity contribution in [2.24, 2.45) is 0 Å². The van der Waals surface area contributed by atoms with Gasteiger partial charge in [-0.25, -0.2) is 14.6 Å². The van der Waals surface area contributed by atoms with Crippen LogP contribution >= 0.6 is 23.8 Å². The first-order chi connectivity index (χ1) is 14.9. The first kappa shape index (κ1) is 22.9. The van der Waals surface area contributed by atoms with Gasteiger partial charge in [-0.1, -0.05) is 24.9 Å². The molecule has 1 aromatic carbocycles. The standard InChI is InChI=1S/C21H26ClN7OS/c1-4-5-11-28-19(16-6-8-17(22)9-7-16)27-29(21(28)31)12-10-18(30)25-26-20-23-14(2)13-15(3)24-20/h6-9,13H,4-5,10-12H2,1-3H3,(H,25,30)(H,23,24,26). The lowest BCUT2D eigenvalue weighted by Crippen LogP contribution is -2.31. The molecule has 0 unspecified atom stereocenters. The number of hydrogen-bond acceptors (Lipinski definition) is 6. The van der Waals surface area contributed by atoms with E-state index >= 15 is 0 Å². The maximum absolute atomic E-state index is 12.3. The van der Waals surface area contributed by atoms with E-state index in [1.807, 2.05) is 48.7 Å². The molecular formula is C21H26ClN7OS. The monoisotopic (exact) mass is 459 g/mol. The van der Waals surface area contributed by atoms with Crippen molar-refractivity contribution in [1.82, 2.24) is 29.7 Å². The first-order valence-electron chi connectivity index (χ1n) is 10.2. The van der Waals surface area contributed by atoms with Crippen LogP contribution in [0.2, 0.25) is 5.02 Å². The van der Waals surface area contributed by atoms with Crippen LogP contribution in [0.1, 0.15) is 37.6 Å². The summed E-state index contributed by atoms with van der Waals surface area (Å²) in [6, 6.07) is 9.37. The number of nitrogens with one attached hydrogen (secondary N) is 2. The maximum Gasteiger partial charge on any atom is 0.242 e. The number of aryl methyl sites for hydroxylation is 3. The van der Waals surface area contributed by atoms with Crippen LogP contribution in [0.4, 0.5) is 5.95 Å². The van der Waals surface area contributed by atoms with Crippen LogP contribution in [0, 0.1) is 18.6 Å². The molecule has 2 aromatic heterocycles. The second-order valence-electron chi connectivity index (χ2n) is 7.24. The van der Waals surface area contributed by atoms with E-state index in [2.05, 4.69) is 32.8 Å². The summed E-state index contributed by atoms with van der Waals surface area (Å²) in [5, 5.41) is 5.35. The van der Waals surface area contributed by atoms with E-state index in [0.29, 0.717) is 22.3 Å². The summed E-state index contributed by atoms with van der Waals surface area (Å²) in [7, 11) is 0. The summed E-state index contributed by atoms with van der Waals surface area (Å²) in [5.41, 5.74) is 7.96. The summed E-state index contributed by atoms with van der Waals surface area (Å²) in [6.45, 7) is 7.00. The fourth-order valence-corrected chi connectivity index (χ4v) is 3.53. The number of rotatable bonds is 9. The average molecular weight is 460 g/mol. The normalized spacial score (nSPS) is 10.8. The Morgan fingerprint density at radius 2 is 1.81 bits per heavy atom. The van der Waals surface area contributed by atoms with Gasteiger partial charge in [0.2, 0.25) is 11.9 Å². The number of anilines is 1. The van der Waals surface area contributed by atoms with Crippen molar-refractivity contribution < 1.29 is 4.79 Å². The van der Waals surface area contributed by atoms with Crippen LogP contribution in [-0.4, -0.2) is 30.2 Å². The van der Waals surface area contributed by atoms with Crippen molar-refractivity contribution in [2.45, 2.75) is 53.1 Å². The maximum atomic E-state index is 12.3. The summed E-state index contributed by atoms with van der Waals surface area (Å²) in [5.74, 6) is 0.925. The molecule has 10 heteroatoms. The second kappa shape index (κ2) is 10.5. The molecule has 0 spiro atoms. The van der Waals surface area contributed by atoms with Crippen LogP contribution in [-0.2, 0) is 17.9 Å². The number of hydrogen-bond donors (Lipinski definition) is 2. The van der Waals surface area contributed by atoms with Crippen molar-refractivity contribution in [3.63, 3.8) is 0 Å². The van der Waals surface area contributed by atoms with Crippen LogP contribution in [0.25, 0.3) is 11.4 Å². The molecule has 8 nitrogen and oxygen atoms in total. The van der Waals surface area contributed by atoms with Gasteiger partial charge in [0.05, 0.1) is 6.54 Å². The Bertz CT molecular complexity index is 1090. The van der Waals surface area contributed by atoms with Crippen molar-refractivity contribution in [3.05, 3.63) is 51.5 Å². The van der Waals surface area contributed by atoms with Gasteiger partial charge in [0, 0.05) is 34.9 Å². The Morgan fingerprint density at radius 3 is 2.45 bits per heavy atom. The first-order valence-corrected chi connectivity index (χ1v) is 11.0. The van der Waals surface area contributed by atoms with Crippen LogP contribution in [0.3, 0.4) is 0 Å². The van der Waals surface area contributed by atoms with Crippen LogP contribution < -0.4 is 10.9 Å². The predicted octanol–water partition coefficient (Wildman–Crippen LogP) is 4.47. The fourth-order valence-electron chi connectivity index (χ4n) is 3.09. The third-order valence-corrected chi connectivity index (χ3v) is 5.29. The molecule has 0 radical (unpaired) electrons.